The average Bonchev–Trinajstić information content (AvgIpc) is 2.88. The van der Waals surface area contributed by atoms with Crippen LogP contribution in [0.5, 0.6) is 0 Å². The highest BCUT2D eigenvalue weighted by atomic mass is 35.5. The molecule has 2 heterocycles. The van der Waals surface area contributed by atoms with Crippen LogP contribution in [0.15, 0.2) is 24.7 Å². The second kappa shape index (κ2) is 5.83. The lowest BCUT2D eigenvalue weighted by Crippen LogP contribution is -2.14. The molecule has 1 fully saturated rings. The molecule has 20 heavy (non-hydrogen) atoms. The predicted octanol–water partition coefficient (Wildman–Crippen LogP) is 3.76. The summed E-state index contributed by atoms with van der Waals surface area (Å²) in [6, 6.07) is 1.72. The van der Waals surface area contributed by atoms with E-state index in [0.29, 0.717) is 10.7 Å². The van der Waals surface area contributed by atoms with Crippen molar-refractivity contribution in [3.8, 4) is 11.3 Å². The van der Waals surface area contributed by atoms with Gasteiger partial charge in [-0.1, -0.05) is 30.9 Å². The minimum Gasteiger partial charge on any atom is -0.397 e. The maximum Gasteiger partial charge on any atom is 0.0921 e. The van der Waals surface area contributed by atoms with E-state index in [-0.39, 0.29) is 0 Å². The zero-order chi connectivity index (χ0) is 13.9. The van der Waals surface area contributed by atoms with Crippen LogP contribution in [-0.4, -0.2) is 14.8 Å². The number of pyridine rings is 1. The third-order valence-corrected chi connectivity index (χ3v) is 4.23. The molecule has 1 saturated carbocycles. The summed E-state index contributed by atoms with van der Waals surface area (Å²) >= 11 is 6.19. The van der Waals surface area contributed by atoms with Crippen molar-refractivity contribution < 1.29 is 0 Å². The van der Waals surface area contributed by atoms with E-state index in [2.05, 4.69) is 10.1 Å². The lowest BCUT2D eigenvalue weighted by Gasteiger charge is -2.21. The number of nitrogens with two attached hydrogens (primary N) is 1. The van der Waals surface area contributed by atoms with Crippen LogP contribution in [0.2, 0.25) is 5.02 Å². The van der Waals surface area contributed by atoms with Crippen molar-refractivity contribution in [3.05, 3.63) is 29.7 Å². The Morgan fingerprint density at radius 2 is 2.05 bits per heavy atom. The van der Waals surface area contributed by atoms with Gasteiger partial charge in [0.15, 0.2) is 0 Å². The van der Waals surface area contributed by atoms with Gasteiger partial charge >= 0.3 is 0 Å². The van der Waals surface area contributed by atoms with Crippen LogP contribution in [-0.2, 0) is 6.54 Å². The molecule has 1 aliphatic rings. The molecular weight excluding hydrogens is 272 g/mol. The Kier molecular flexibility index (Phi) is 3.92. The maximum absolute atomic E-state index is 6.19. The first kappa shape index (κ1) is 13.4. The second-order valence-corrected chi connectivity index (χ2v) is 5.96. The van der Waals surface area contributed by atoms with E-state index in [1.807, 2.05) is 17.1 Å². The predicted molar refractivity (Wildman–Crippen MR) is 81.5 cm³/mol. The Hall–Kier alpha value is -1.55. The molecule has 3 rings (SSSR count). The highest BCUT2D eigenvalue weighted by Crippen LogP contribution is 2.28. The Morgan fingerprint density at radius 1 is 1.25 bits per heavy atom. The normalized spacial score (nSPS) is 16.4. The van der Waals surface area contributed by atoms with Gasteiger partial charge in [0.1, 0.15) is 0 Å². The molecule has 0 spiro atoms. The standard InChI is InChI=1S/C15H19ClN4/c16-14-6-13(17)8-18-15(14)12-7-19-20(10-12)9-11-4-2-1-3-5-11/h6-8,10-11H,1-5,9,17H2. The van der Waals surface area contributed by atoms with Crippen molar-refractivity contribution in [3.63, 3.8) is 0 Å². The molecule has 0 amide bonds. The third-order valence-electron chi connectivity index (χ3n) is 3.94. The molecule has 2 aromatic heterocycles. The summed E-state index contributed by atoms with van der Waals surface area (Å²) in [4.78, 5) is 4.30. The Morgan fingerprint density at radius 3 is 2.80 bits per heavy atom. The van der Waals surface area contributed by atoms with Crippen LogP contribution in [0.3, 0.4) is 0 Å². The van der Waals surface area contributed by atoms with Crippen molar-refractivity contribution in [2.45, 2.75) is 38.6 Å². The zero-order valence-electron chi connectivity index (χ0n) is 11.4. The van der Waals surface area contributed by atoms with Gasteiger partial charge in [-0.25, -0.2) is 0 Å². The number of anilines is 1. The van der Waals surface area contributed by atoms with Gasteiger partial charge in [0, 0.05) is 18.3 Å². The quantitative estimate of drug-likeness (QED) is 0.936. The van der Waals surface area contributed by atoms with Gasteiger partial charge in [0.25, 0.3) is 0 Å². The first-order valence-electron chi connectivity index (χ1n) is 7.16. The lowest BCUT2D eigenvalue weighted by atomic mass is 9.89. The summed E-state index contributed by atoms with van der Waals surface area (Å²) in [6.07, 6.45) is 12.2. The van der Waals surface area contributed by atoms with Crippen LogP contribution >= 0.6 is 11.6 Å². The SMILES string of the molecule is Nc1cnc(-c2cnn(CC3CCCCC3)c2)c(Cl)c1. The van der Waals surface area contributed by atoms with Crippen LogP contribution < -0.4 is 5.73 Å². The molecule has 0 atom stereocenters. The lowest BCUT2D eigenvalue weighted by molar-refractivity contribution is 0.308. The van der Waals surface area contributed by atoms with Crippen LogP contribution in [0.1, 0.15) is 32.1 Å². The van der Waals surface area contributed by atoms with Crippen molar-refractivity contribution in [1.29, 1.82) is 0 Å². The molecule has 2 aromatic rings. The summed E-state index contributed by atoms with van der Waals surface area (Å²) in [6.45, 7) is 0.993. The van der Waals surface area contributed by atoms with Gasteiger partial charge in [-0.2, -0.15) is 5.10 Å². The number of hydrogen-bond acceptors (Lipinski definition) is 3. The first-order chi connectivity index (χ1) is 9.72. The van der Waals surface area contributed by atoms with Crippen LogP contribution in [0, 0.1) is 5.92 Å². The largest absolute Gasteiger partial charge is 0.397 e. The fourth-order valence-corrected chi connectivity index (χ4v) is 3.17. The molecule has 0 unspecified atom stereocenters. The molecule has 0 saturated heterocycles. The number of nitrogens with zero attached hydrogens (tertiary/aromatic N) is 3. The smallest absolute Gasteiger partial charge is 0.0921 e. The number of nitrogen functional groups attached to an aromatic ring is 1. The topological polar surface area (TPSA) is 56.7 Å². The fraction of sp³-hybridized carbons (Fsp3) is 0.467. The van der Waals surface area contributed by atoms with Crippen molar-refractivity contribution >= 4 is 17.3 Å². The van der Waals surface area contributed by atoms with E-state index >= 15 is 0 Å². The summed E-state index contributed by atoms with van der Waals surface area (Å²) in [5.41, 5.74) is 7.94. The molecule has 0 aromatic carbocycles. The Balaban J connectivity index is 1.75. The number of aromatic nitrogens is 3. The van der Waals surface area contributed by atoms with Gasteiger partial charge in [0.05, 0.1) is 28.8 Å². The second-order valence-electron chi connectivity index (χ2n) is 5.55. The summed E-state index contributed by atoms with van der Waals surface area (Å²) < 4.78 is 2.01. The van der Waals surface area contributed by atoms with Gasteiger partial charge in [0.2, 0.25) is 0 Å². The van der Waals surface area contributed by atoms with E-state index < -0.39 is 0 Å². The Bertz CT molecular complexity index is 587. The molecule has 5 heteroatoms. The molecule has 0 radical (unpaired) electrons. The maximum atomic E-state index is 6.19. The molecular formula is C15H19ClN4. The number of rotatable bonds is 3. The van der Waals surface area contributed by atoms with Crippen molar-refractivity contribution in [2.24, 2.45) is 5.92 Å². The van der Waals surface area contributed by atoms with E-state index in [1.54, 1.807) is 12.3 Å². The van der Waals surface area contributed by atoms with E-state index in [4.69, 9.17) is 17.3 Å². The number of hydrogen-bond donors (Lipinski definition) is 1. The highest BCUT2D eigenvalue weighted by Gasteiger charge is 2.15. The minimum atomic E-state index is 0.571. The van der Waals surface area contributed by atoms with Gasteiger partial charge in [-0.15, -0.1) is 0 Å². The fourth-order valence-electron chi connectivity index (χ4n) is 2.89. The summed E-state index contributed by atoms with van der Waals surface area (Å²) in [5.74, 6) is 0.756. The monoisotopic (exact) mass is 290 g/mol. The summed E-state index contributed by atoms with van der Waals surface area (Å²) in [7, 11) is 0. The highest BCUT2D eigenvalue weighted by molar-refractivity contribution is 6.33. The molecule has 1 aliphatic carbocycles. The van der Waals surface area contributed by atoms with Gasteiger partial charge in [-0.05, 0) is 24.8 Å². The molecule has 2 N–H and O–H groups in total. The van der Waals surface area contributed by atoms with Gasteiger partial charge in [-0.3, -0.25) is 9.67 Å². The minimum absolute atomic E-state index is 0.571. The average molecular weight is 291 g/mol. The van der Waals surface area contributed by atoms with Crippen LogP contribution in [0.4, 0.5) is 5.69 Å². The Labute approximate surface area is 124 Å². The summed E-state index contributed by atoms with van der Waals surface area (Å²) in [5, 5.41) is 5.01. The molecule has 4 nitrogen and oxygen atoms in total. The molecule has 106 valence electrons. The van der Waals surface area contributed by atoms with E-state index in [9.17, 15) is 0 Å². The number of halogens is 1. The first-order valence-corrected chi connectivity index (χ1v) is 7.54. The zero-order valence-corrected chi connectivity index (χ0v) is 12.2. The van der Waals surface area contributed by atoms with Crippen LogP contribution in [0.25, 0.3) is 11.3 Å². The molecule has 0 bridgehead atoms. The molecule has 0 aliphatic heterocycles. The van der Waals surface area contributed by atoms with Crippen molar-refractivity contribution in [2.75, 3.05) is 5.73 Å². The van der Waals surface area contributed by atoms with Crippen molar-refractivity contribution in [1.82, 2.24) is 14.8 Å². The third kappa shape index (κ3) is 2.96. The van der Waals surface area contributed by atoms with E-state index in [1.165, 1.54) is 32.1 Å². The van der Waals surface area contributed by atoms with Gasteiger partial charge < -0.3 is 5.73 Å². The van der Waals surface area contributed by atoms with E-state index in [0.717, 1.165) is 23.7 Å².